The number of rotatable bonds is 6. The fourth-order valence-corrected chi connectivity index (χ4v) is 5.15. The number of fused-ring (bicyclic) bond motifs is 1. The quantitative estimate of drug-likeness (QED) is 0.354. The molecule has 160 valence electrons. The molecule has 2 atom stereocenters. The minimum absolute atomic E-state index is 0. The predicted molar refractivity (Wildman–Crippen MR) is 128 cm³/mol. The van der Waals surface area contributed by atoms with Crippen LogP contribution < -0.4 is 5.32 Å². The first kappa shape index (κ1) is 23.8. The number of aromatic nitrogens is 1. The van der Waals surface area contributed by atoms with Crippen molar-refractivity contribution in [3.8, 4) is 0 Å². The van der Waals surface area contributed by atoms with Gasteiger partial charge in [-0.15, -0.1) is 35.3 Å². The third-order valence-electron chi connectivity index (χ3n) is 5.45. The van der Waals surface area contributed by atoms with E-state index in [1.54, 1.807) is 0 Å². The average Bonchev–Trinajstić information content (AvgIpc) is 3.07. The number of nitrogens with one attached hydrogen (secondary N) is 1. The number of hydrogen-bond acceptors (Lipinski definition) is 5. The minimum atomic E-state index is 0. The molecule has 1 aliphatic carbocycles. The highest BCUT2D eigenvalue weighted by Gasteiger charge is 2.23. The van der Waals surface area contributed by atoms with Crippen LogP contribution in [-0.4, -0.2) is 72.7 Å². The van der Waals surface area contributed by atoms with E-state index < -0.39 is 0 Å². The maximum atomic E-state index is 5.56. The normalized spacial score (nSPS) is 21.6. The van der Waals surface area contributed by atoms with Crippen molar-refractivity contribution in [2.75, 3.05) is 39.9 Å². The van der Waals surface area contributed by atoms with Crippen molar-refractivity contribution in [3.05, 3.63) is 15.6 Å². The molecule has 3 rings (SSSR count). The highest BCUT2D eigenvalue weighted by molar-refractivity contribution is 14.0. The maximum absolute atomic E-state index is 5.56. The molecule has 1 aromatic heterocycles. The Bertz CT molecular complexity index is 615. The third kappa shape index (κ3) is 6.27. The number of nitrogens with zero attached hydrogens (tertiary/aromatic N) is 4. The molecule has 1 saturated heterocycles. The predicted octanol–water partition coefficient (Wildman–Crippen LogP) is 3.15. The smallest absolute Gasteiger partial charge is 0.194 e. The van der Waals surface area contributed by atoms with Gasteiger partial charge in [0.2, 0.25) is 0 Å². The maximum Gasteiger partial charge on any atom is 0.194 e. The van der Waals surface area contributed by atoms with Gasteiger partial charge in [0.1, 0.15) is 5.01 Å². The van der Waals surface area contributed by atoms with Crippen LogP contribution in [0, 0.1) is 0 Å². The van der Waals surface area contributed by atoms with Gasteiger partial charge in [-0.25, -0.2) is 4.98 Å². The van der Waals surface area contributed by atoms with Crippen molar-refractivity contribution < 1.29 is 4.74 Å². The van der Waals surface area contributed by atoms with Gasteiger partial charge in [0.15, 0.2) is 5.96 Å². The number of halogens is 1. The van der Waals surface area contributed by atoms with Gasteiger partial charge >= 0.3 is 0 Å². The first-order valence-electron chi connectivity index (χ1n) is 10.4. The van der Waals surface area contributed by atoms with Crippen LogP contribution in [0.2, 0.25) is 0 Å². The third-order valence-corrected chi connectivity index (χ3v) is 6.59. The van der Waals surface area contributed by atoms with Crippen LogP contribution in [-0.2, 0) is 24.1 Å². The Morgan fingerprint density at radius 3 is 2.93 bits per heavy atom. The van der Waals surface area contributed by atoms with Crippen LogP contribution in [0.15, 0.2) is 4.99 Å². The number of guanidine groups is 1. The number of aliphatic imine (C=N–C) groups is 1. The van der Waals surface area contributed by atoms with Crippen molar-refractivity contribution in [3.63, 3.8) is 0 Å². The first-order chi connectivity index (χ1) is 13.1. The van der Waals surface area contributed by atoms with Crippen LogP contribution >= 0.6 is 35.3 Å². The van der Waals surface area contributed by atoms with Gasteiger partial charge < -0.3 is 15.0 Å². The van der Waals surface area contributed by atoms with Gasteiger partial charge in [0.05, 0.1) is 32.0 Å². The topological polar surface area (TPSA) is 53.0 Å². The molecule has 1 aromatic rings. The molecule has 1 fully saturated rings. The zero-order valence-electron chi connectivity index (χ0n) is 17.7. The largest absolute Gasteiger partial charge is 0.379 e. The number of morpholine rings is 1. The van der Waals surface area contributed by atoms with E-state index in [0.29, 0.717) is 12.1 Å². The van der Waals surface area contributed by atoms with Crippen molar-refractivity contribution >= 4 is 41.3 Å². The lowest BCUT2D eigenvalue weighted by atomic mass is 10.0. The summed E-state index contributed by atoms with van der Waals surface area (Å²) in [7, 11) is 2.11. The summed E-state index contributed by atoms with van der Waals surface area (Å²) in [5.41, 5.74) is 1.34. The Hall–Kier alpha value is -0.450. The Labute approximate surface area is 191 Å². The van der Waals surface area contributed by atoms with E-state index >= 15 is 0 Å². The van der Waals surface area contributed by atoms with Crippen LogP contribution in [0.5, 0.6) is 0 Å². The molecule has 0 bridgehead atoms. The zero-order valence-corrected chi connectivity index (χ0v) is 20.9. The highest BCUT2D eigenvalue weighted by Crippen LogP contribution is 2.27. The lowest BCUT2D eigenvalue weighted by Crippen LogP contribution is -2.49. The Balaban J connectivity index is 0.00000280. The number of aryl methyl sites for hydroxylation is 2. The molecule has 1 aliphatic heterocycles. The lowest BCUT2D eigenvalue weighted by Gasteiger charge is -2.37. The summed E-state index contributed by atoms with van der Waals surface area (Å²) in [5.74, 6) is 0.971. The molecule has 6 nitrogen and oxygen atoms in total. The van der Waals surface area contributed by atoms with Gasteiger partial charge in [-0.3, -0.25) is 9.89 Å². The van der Waals surface area contributed by atoms with Crippen molar-refractivity contribution in [1.82, 2.24) is 20.1 Å². The van der Waals surface area contributed by atoms with Crippen LogP contribution in [0.4, 0.5) is 0 Å². The van der Waals surface area contributed by atoms with E-state index in [0.717, 1.165) is 51.8 Å². The minimum Gasteiger partial charge on any atom is -0.379 e. The summed E-state index contributed by atoms with van der Waals surface area (Å²) in [4.78, 5) is 16.0. The second-order valence-corrected chi connectivity index (χ2v) is 8.91. The van der Waals surface area contributed by atoms with Gasteiger partial charge in [0, 0.05) is 37.1 Å². The van der Waals surface area contributed by atoms with Crippen molar-refractivity contribution in [1.29, 1.82) is 0 Å². The molecular weight excluding hydrogens is 485 g/mol. The van der Waals surface area contributed by atoms with E-state index in [4.69, 9.17) is 14.7 Å². The summed E-state index contributed by atoms with van der Waals surface area (Å²) in [5, 5.41) is 4.66. The average molecular weight is 522 g/mol. The fraction of sp³-hybridized carbons (Fsp3) is 0.800. The monoisotopic (exact) mass is 521 g/mol. The Kier molecular flexibility index (Phi) is 9.92. The highest BCUT2D eigenvalue weighted by atomic mass is 127. The molecule has 2 unspecified atom stereocenters. The van der Waals surface area contributed by atoms with E-state index in [1.165, 1.54) is 34.8 Å². The molecule has 1 N–H and O–H groups in total. The fourth-order valence-electron chi connectivity index (χ4n) is 3.94. The summed E-state index contributed by atoms with van der Waals surface area (Å²) >= 11 is 1.89. The van der Waals surface area contributed by atoms with E-state index in [2.05, 4.69) is 42.9 Å². The van der Waals surface area contributed by atoms with Gasteiger partial charge in [0.25, 0.3) is 0 Å². The van der Waals surface area contributed by atoms with E-state index in [1.807, 2.05) is 11.3 Å². The molecule has 0 amide bonds. The second kappa shape index (κ2) is 11.7. The van der Waals surface area contributed by atoms with Crippen LogP contribution in [0.25, 0.3) is 0 Å². The summed E-state index contributed by atoms with van der Waals surface area (Å²) < 4.78 is 5.56. The van der Waals surface area contributed by atoms with Crippen LogP contribution in [0.1, 0.15) is 49.2 Å². The first-order valence-corrected chi connectivity index (χ1v) is 11.2. The second-order valence-electron chi connectivity index (χ2n) is 7.75. The molecule has 0 saturated carbocycles. The van der Waals surface area contributed by atoms with Crippen LogP contribution in [0.3, 0.4) is 0 Å². The molecule has 0 aromatic carbocycles. The number of ether oxygens (including phenoxy) is 1. The zero-order chi connectivity index (χ0) is 19.2. The van der Waals surface area contributed by atoms with E-state index in [9.17, 15) is 0 Å². The van der Waals surface area contributed by atoms with Crippen molar-refractivity contribution in [2.45, 2.75) is 65.1 Å². The van der Waals surface area contributed by atoms with Gasteiger partial charge in [-0.05, 0) is 46.5 Å². The Morgan fingerprint density at radius 1 is 1.43 bits per heavy atom. The lowest BCUT2D eigenvalue weighted by molar-refractivity contribution is -0.0166. The molecular formula is C20H36IN5OS. The number of hydrogen-bond donors (Lipinski definition) is 1. The van der Waals surface area contributed by atoms with Gasteiger partial charge in [-0.2, -0.15) is 0 Å². The molecule has 2 heterocycles. The van der Waals surface area contributed by atoms with Gasteiger partial charge in [-0.1, -0.05) is 0 Å². The molecule has 0 radical (unpaired) electrons. The summed E-state index contributed by atoms with van der Waals surface area (Å²) in [6, 6.07) is 0.879. The Morgan fingerprint density at radius 2 is 2.21 bits per heavy atom. The van der Waals surface area contributed by atoms with E-state index in [-0.39, 0.29) is 24.0 Å². The molecule has 28 heavy (non-hydrogen) atoms. The molecule has 0 spiro atoms. The summed E-state index contributed by atoms with van der Waals surface area (Å²) in [6.07, 6.45) is 4.96. The molecule has 8 heteroatoms. The summed E-state index contributed by atoms with van der Waals surface area (Å²) in [6.45, 7) is 11.8. The number of thiazole rings is 1. The SMILES string of the molecule is CCNC(=NCC(C)N1CCOCC1C)N(C)Cc1nc2c(s1)CCCC2.I. The molecule has 2 aliphatic rings. The standard InChI is InChI=1S/C20H35N5OS.HI/c1-5-21-20(22-12-15(2)25-10-11-26-14-16(25)3)24(4)13-19-23-17-8-6-7-9-18(17)27-19;/h15-16H,5-14H2,1-4H3,(H,21,22);1H. The van der Waals surface area contributed by atoms with Crippen molar-refractivity contribution in [2.24, 2.45) is 4.99 Å².